The summed E-state index contributed by atoms with van der Waals surface area (Å²) in [5, 5.41) is 0.788. The van der Waals surface area contributed by atoms with Crippen LogP contribution in [-0.4, -0.2) is 39.6 Å². The predicted molar refractivity (Wildman–Crippen MR) is 107 cm³/mol. The molecule has 5 nitrogen and oxygen atoms in total. The molecule has 142 valence electrons. The van der Waals surface area contributed by atoms with E-state index in [9.17, 15) is 17.6 Å². The highest BCUT2D eigenvalue weighted by molar-refractivity contribution is 7.92. The fourth-order valence-electron chi connectivity index (χ4n) is 2.67. The first-order chi connectivity index (χ1) is 12.7. The van der Waals surface area contributed by atoms with Crippen molar-refractivity contribution in [2.45, 2.75) is 6.54 Å². The molecule has 0 bridgehead atoms. The minimum atomic E-state index is -3.36. The standard InChI is InChI=1S/C19H19FN2O3S2/c1-21(12-13-6-4-5-7-16(13)20)19(23)18-11-14-10-15(8-9-17(14)26-18)22(2)27(3,24)25/h4-11H,12H2,1-3H3. The molecule has 2 aromatic carbocycles. The normalized spacial score (nSPS) is 11.6. The number of sulfonamides is 1. The summed E-state index contributed by atoms with van der Waals surface area (Å²) in [5.74, 6) is -0.556. The Morgan fingerprint density at radius 2 is 1.81 bits per heavy atom. The van der Waals surface area contributed by atoms with E-state index in [0.717, 1.165) is 16.3 Å². The molecule has 1 amide bonds. The van der Waals surface area contributed by atoms with E-state index in [1.807, 2.05) is 0 Å². The third-order valence-electron chi connectivity index (χ3n) is 4.28. The van der Waals surface area contributed by atoms with Crippen LogP contribution in [-0.2, 0) is 16.6 Å². The average Bonchev–Trinajstić information content (AvgIpc) is 3.04. The van der Waals surface area contributed by atoms with E-state index in [4.69, 9.17) is 0 Å². The number of hydrogen-bond donors (Lipinski definition) is 0. The smallest absolute Gasteiger partial charge is 0.264 e. The van der Waals surface area contributed by atoms with Crippen molar-refractivity contribution in [3.8, 4) is 0 Å². The number of thiophene rings is 1. The number of benzene rings is 2. The zero-order chi connectivity index (χ0) is 19.8. The molecule has 3 aromatic rings. The first-order valence-corrected chi connectivity index (χ1v) is 10.8. The van der Waals surface area contributed by atoms with E-state index >= 15 is 0 Å². The first kappa shape index (κ1) is 19.3. The molecule has 0 saturated carbocycles. The quantitative estimate of drug-likeness (QED) is 0.649. The van der Waals surface area contributed by atoms with Crippen LogP contribution in [0.1, 0.15) is 15.2 Å². The van der Waals surface area contributed by atoms with Gasteiger partial charge in [-0.2, -0.15) is 0 Å². The van der Waals surface area contributed by atoms with E-state index in [-0.39, 0.29) is 18.3 Å². The van der Waals surface area contributed by atoms with Crippen molar-refractivity contribution in [2.24, 2.45) is 0 Å². The number of fused-ring (bicyclic) bond motifs is 1. The van der Waals surface area contributed by atoms with Gasteiger partial charge in [-0.1, -0.05) is 18.2 Å². The molecule has 27 heavy (non-hydrogen) atoms. The van der Waals surface area contributed by atoms with E-state index in [0.29, 0.717) is 16.1 Å². The van der Waals surface area contributed by atoms with Gasteiger partial charge in [0.2, 0.25) is 10.0 Å². The third kappa shape index (κ3) is 4.12. The average molecular weight is 407 g/mol. The molecule has 1 heterocycles. The minimum absolute atomic E-state index is 0.168. The summed E-state index contributed by atoms with van der Waals surface area (Å²) < 4.78 is 39.3. The molecule has 8 heteroatoms. The molecule has 0 aliphatic carbocycles. The maximum Gasteiger partial charge on any atom is 0.264 e. The molecule has 0 atom stereocenters. The molecule has 3 rings (SSSR count). The lowest BCUT2D eigenvalue weighted by Crippen LogP contribution is -2.25. The topological polar surface area (TPSA) is 57.7 Å². The Kier molecular flexibility index (Phi) is 5.21. The summed E-state index contributed by atoms with van der Waals surface area (Å²) in [6, 6.07) is 13.3. The zero-order valence-electron chi connectivity index (χ0n) is 15.1. The number of rotatable bonds is 5. The van der Waals surface area contributed by atoms with Crippen molar-refractivity contribution in [3.63, 3.8) is 0 Å². The summed E-state index contributed by atoms with van der Waals surface area (Å²) in [4.78, 5) is 14.7. The number of hydrogen-bond acceptors (Lipinski definition) is 4. The second kappa shape index (κ2) is 7.28. The highest BCUT2D eigenvalue weighted by Crippen LogP contribution is 2.30. The Bertz CT molecular complexity index is 1110. The second-order valence-corrected chi connectivity index (χ2v) is 9.41. The Morgan fingerprint density at radius 1 is 1.11 bits per heavy atom. The summed E-state index contributed by atoms with van der Waals surface area (Å²) in [7, 11) is -0.250. The van der Waals surface area contributed by atoms with Gasteiger partial charge in [-0.3, -0.25) is 9.10 Å². The summed E-state index contributed by atoms with van der Waals surface area (Å²) >= 11 is 1.32. The van der Waals surface area contributed by atoms with E-state index < -0.39 is 10.0 Å². The fourth-order valence-corrected chi connectivity index (χ4v) is 4.20. The third-order valence-corrected chi connectivity index (χ3v) is 6.59. The molecule has 0 spiro atoms. The van der Waals surface area contributed by atoms with Crippen molar-refractivity contribution in [2.75, 3.05) is 24.7 Å². The van der Waals surface area contributed by atoms with Crippen molar-refractivity contribution in [1.29, 1.82) is 0 Å². The molecule has 0 N–H and O–H groups in total. The Morgan fingerprint density at radius 3 is 2.48 bits per heavy atom. The number of anilines is 1. The fraction of sp³-hybridized carbons (Fsp3) is 0.211. The van der Waals surface area contributed by atoms with E-state index in [2.05, 4.69) is 0 Å². The van der Waals surface area contributed by atoms with Gasteiger partial charge in [0.25, 0.3) is 5.91 Å². The Balaban J connectivity index is 1.86. The van der Waals surface area contributed by atoms with Crippen molar-refractivity contribution < 1.29 is 17.6 Å². The molecule has 0 radical (unpaired) electrons. The van der Waals surface area contributed by atoms with Gasteiger partial charge in [-0.05, 0) is 35.7 Å². The predicted octanol–water partition coefficient (Wildman–Crippen LogP) is 3.71. The van der Waals surface area contributed by atoms with Crippen LogP contribution in [0.15, 0.2) is 48.5 Å². The molecule has 1 aromatic heterocycles. The molecule has 0 saturated heterocycles. The van der Waals surface area contributed by atoms with Crippen LogP contribution in [0.3, 0.4) is 0 Å². The van der Waals surface area contributed by atoms with Gasteiger partial charge in [0, 0.05) is 30.9 Å². The zero-order valence-corrected chi connectivity index (χ0v) is 16.8. The largest absolute Gasteiger partial charge is 0.337 e. The summed E-state index contributed by atoms with van der Waals surface area (Å²) in [5.41, 5.74) is 0.980. The van der Waals surface area contributed by atoms with Crippen LogP contribution < -0.4 is 4.31 Å². The number of amides is 1. The van der Waals surface area contributed by atoms with Crippen LogP contribution >= 0.6 is 11.3 Å². The molecular weight excluding hydrogens is 387 g/mol. The van der Waals surface area contributed by atoms with E-state index in [1.165, 1.54) is 33.7 Å². The lowest BCUT2D eigenvalue weighted by Gasteiger charge is -2.16. The van der Waals surface area contributed by atoms with Gasteiger partial charge in [0.15, 0.2) is 0 Å². The van der Waals surface area contributed by atoms with Crippen molar-refractivity contribution in [1.82, 2.24) is 4.90 Å². The highest BCUT2D eigenvalue weighted by Gasteiger charge is 2.18. The van der Waals surface area contributed by atoms with Gasteiger partial charge in [-0.25, -0.2) is 12.8 Å². The Labute approximate surface area is 161 Å². The maximum absolute atomic E-state index is 13.8. The van der Waals surface area contributed by atoms with Crippen molar-refractivity contribution >= 4 is 43.0 Å². The maximum atomic E-state index is 13.8. The highest BCUT2D eigenvalue weighted by atomic mass is 32.2. The molecule has 0 unspecified atom stereocenters. The Hall–Kier alpha value is -2.45. The number of nitrogens with zero attached hydrogens (tertiary/aromatic N) is 2. The SMILES string of the molecule is CN(Cc1ccccc1F)C(=O)c1cc2cc(N(C)S(C)(=O)=O)ccc2s1. The lowest BCUT2D eigenvalue weighted by molar-refractivity contribution is 0.0788. The van der Waals surface area contributed by atoms with Crippen LogP contribution in [0.4, 0.5) is 10.1 Å². The lowest BCUT2D eigenvalue weighted by atomic mass is 10.2. The summed E-state index contributed by atoms with van der Waals surface area (Å²) in [6.45, 7) is 0.168. The van der Waals surface area contributed by atoms with E-state index in [1.54, 1.807) is 49.5 Å². The van der Waals surface area contributed by atoms with Gasteiger partial charge in [-0.15, -0.1) is 11.3 Å². The van der Waals surface area contributed by atoms with Gasteiger partial charge < -0.3 is 4.90 Å². The van der Waals surface area contributed by atoms with Crippen LogP contribution in [0, 0.1) is 5.82 Å². The van der Waals surface area contributed by atoms with Crippen LogP contribution in [0.2, 0.25) is 0 Å². The number of carbonyl (C=O) groups is 1. The number of halogens is 1. The van der Waals surface area contributed by atoms with Gasteiger partial charge >= 0.3 is 0 Å². The molecule has 0 aliphatic rings. The minimum Gasteiger partial charge on any atom is -0.337 e. The first-order valence-electron chi connectivity index (χ1n) is 8.13. The second-order valence-electron chi connectivity index (χ2n) is 6.32. The van der Waals surface area contributed by atoms with Gasteiger partial charge in [0.05, 0.1) is 16.8 Å². The molecular formula is C19H19FN2O3S2. The molecule has 0 aliphatic heterocycles. The number of carbonyl (C=O) groups excluding carboxylic acids is 1. The van der Waals surface area contributed by atoms with Crippen molar-refractivity contribution in [3.05, 3.63) is 64.8 Å². The van der Waals surface area contributed by atoms with Crippen LogP contribution in [0.5, 0.6) is 0 Å². The van der Waals surface area contributed by atoms with Gasteiger partial charge in [0.1, 0.15) is 5.82 Å². The monoisotopic (exact) mass is 406 g/mol. The molecule has 0 fully saturated rings. The summed E-state index contributed by atoms with van der Waals surface area (Å²) in [6.07, 6.45) is 1.14. The van der Waals surface area contributed by atoms with Crippen LogP contribution in [0.25, 0.3) is 10.1 Å².